The zero-order chi connectivity index (χ0) is 13.3. The molecule has 2 aromatic rings. The van der Waals surface area contributed by atoms with E-state index in [1.807, 2.05) is 32.9 Å². The Balaban J connectivity index is 2.34. The second kappa shape index (κ2) is 5.24. The molecule has 1 heterocycles. The van der Waals surface area contributed by atoms with Crippen LogP contribution in [0.15, 0.2) is 22.8 Å². The van der Waals surface area contributed by atoms with Gasteiger partial charge in [-0.15, -0.1) is 0 Å². The van der Waals surface area contributed by atoms with Gasteiger partial charge in [0.25, 0.3) is 0 Å². The van der Waals surface area contributed by atoms with Gasteiger partial charge >= 0.3 is 0 Å². The Morgan fingerprint density at radius 3 is 2.22 bits per heavy atom. The summed E-state index contributed by atoms with van der Waals surface area (Å²) in [5.74, 6) is 1.89. The Bertz CT molecular complexity index is 558. The fraction of sp³-hybridized carbons (Fsp3) is 0.231. The van der Waals surface area contributed by atoms with Gasteiger partial charge in [-0.1, -0.05) is 11.6 Å². The van der Waals surface area contributed by atoms with Gasteiger partial charge in [0.1, 0.15) is 16.2 Å². The molecule has 1 aromatic carbocycles. The van der Waals surface area contributed by atoms with Crippen LogP contribution in [0, 0.1) is 20.8 Å². The zero-order valence-electron chi connectivity index (χ0n) is 10.3. The Morgan fingerprint density at radius 2 is 1.67 bits per heavy atom. The number of rotatable bonds is 2. The molecule has 0 N–H and O–H groups in total. The largest absolute Gasteiger partial charge is 0.439 e. The lowest BCUT2D eigenvalue weighted by Gasteiger charge is -2.09. The van der Waals surface area contributed by atoms with Crippen molar-refractivity contribution in [1.82, 2.24) is 9.97 Å². The van der Waals surface area contributed by atoms with E-state index in [0.717, 1.165) is 21.9 Å². The number of nitrogens with zero attached hydrogens (tertiary/aromatic N) is 2. The summed E-state index contributed by atoms with van der Waals surface area (Å²) < 4.78 is 6.42. The van der Waals surface area contributed by atoms with E-state index >= 15 is 0 Å². The molecule has 0 bridgehead atoms. The third-order valence-corrected chi connectivity index (χ3v) is 3.42. The summed E-state index contributed by atoms with van der Waals surface area (Å²) in [6.45, 7) is 5.71. The molecule has 0 aliphatic carbocycles. The number of ether oxygens (including phenoxy) is 1. The quantitative estimate of drug-likeness (QED) is 0.756. The van der Waals surface area contributed by atoms with Crippen molar-refractivity contribution < 1.29 is 4.74 Å². The van der Waals surface area contributed by atoms with Crippen molar-refractivity contribution in [2.24, 2.45) is 0 Å². The Hall–Kier alpha value is -1.13. The monoisotopic (exact) mass is 326 g/mol. The molecule has 0 aliphatic heterocycles. The van der Waals surface area contributed by atoms with E-state index < -0.39 is 0 Å². The van der Waals surface area contributed by atoms with Crippen molar-refractivity contribution in [2.75, 3.05) is 0 Å². The number of benzene rings is 1. The van der Waals surface area contributed by atoms with Gasteiger partial charge in [0.05, 0.1) is 0 Å². The fourth-order valence-electron chi connectivity index (χ4n) is 1.64. The molecule has 0 atom stereocenters. The predicted molar refractivity (Wildman–Crippen MR) is 75.5 cm³/mol. The van der Waals surface area contributed by atoms with E-state index in [9.17, 15) is 0 Å². The molecule has 0 amide bonds. The summed E-state index contributed by atoms with van der Waals surface area (Å²) in [5.41, 5.74) is 1.97. The first kappa shape index (κ1) is 13.3. The Kier molecular flexibility index (Phi) is 3.88. The van der Waals surface area contributed by atoms with Crippen LogP contribution in [0.3, 0.4) is 0 Å². The SMILES string of the molecule is Cc1nc(Br)cc(Oc2cc(C)c(Cl)c(C)c2)n1. The normalized spacial score (nSPS) is 10.5. The van der Waals surface area contributed by atoms with Gasteiger partial charge in [-0.2, -0.15) is 4.98 Å². The van der Waals surface area contributed by atoms with Crippen molar-refractivity contribution in [3.05, 3.63) is 44.8 Å². The van der Waals surface area contributed by atoms with Crippen molar-refractivity contribution in [3.63, 3.8) is 0 Å². The maximum absolute atomic E-state index is 6.11. The Morgan fingerprint density at radius 1 is 1.06 bits per heavy atom. The topological polar surface area (TPSA) is 35.0 Å². The molecule has 0 spiro atoms. The van der Waals surface area contributed by atoms with Crippen molar-refractivity contribution in [1.29, 1.82) is 0 Å². The molecule has 0 saturated carbocycles. The van der Waals surface area contributed by atoms with E-state index in [0.29, 0.717) is 16.3 Å². The van der Waals surface area contributed by atoms with Crippen LogP contribution in [0.5, 0.6) is 11.6 Å². The number of halogens is 2. The number of hydrogen-bond donors (Lipinski definition) is 0. The van der Waals surface area contributed by atoms with Crippen LogP contribution in [0.4, 0.5) is 0 Å². The van der Waals surface area contributed by atoms with E-state index in [4.69, 9.17) is 16.3 Å². The van der Waals surface area contributed by atoms with Crippen LogP contribution in [0.25, 0.3) is 0 Å². The van der Waals surface area contributed by atoms with Crippen LogP contribution in [0.1, 0.15) is 17.0 Å². The van der Waals surface area contributed by atoms with E-state index in [1.165, 1.54) is 0 Å². The summed E-state index contributed by atoms with van der Waals surface area (Å²) in [4.78, 5) is 8.34. The van der Waals surface area contributed by atoms with Crippen molar-refractivity contribution in [3.8, 4) is 11.6 Å². The van der Waals surface area contributed by atoms with E-state index in [1.54, 1.807) is 6.07 Å². The predicted octanol–water partition coefficient (Wildman–Crippen LogP) is 4.61. The summed E-state index contributed by atoms with van der Waals surface area (Å²) >= 11 is 9.43. The van der Waals surface area contributed by atoms with Crippen LogP contribution in [-0.4, -0.2) is 9.97 Å². The molecular weight excluding hydrogens is 316 g/mol. The van der Waals surface area contributed by atoms with Gasteiger partial charge in [0.2, 0.25) is 5.88 Å². The van der Waals surface area contributed by atoms with Crippen LogP contribution in [0.2, 0.25) is 5.02 Å². The van der Waals surface area contributed by atoms with Gasteiger partial charge in [0, 0.05) is 11.1 Å². The van der Waals surface area contributed by atoms with Gasteiger partial charge < -0.3 is 4.74 Å². The molecule has 1 aromatic heterocycles. The summed E-state index contributed by atoms with van der Waals surface area (Å²) in [6, 6.07) is 5.51. The third kappa shape index (κ3) is 3.00. The van der Waals surface area contributed by atoms with E-state index in [2.05, 4.69) is 25.9 Å². The minimum absolute atomic E-state index is 0.510. The number of hydrogen-bond acceptors (Lipinski definition) is 3. The fourth-order valence-corrected chi connectivity index (χ4v) is 2.21. The highest BCUT2D eigenvalue weighted by Gasteiger charge is 2.06. The first-order chi connectivity index (χ1) is 8.45. The van der Waals surface area contributed by atoms with Crippen molar-refractivity contribution >= 4 is 27.5 Å². The molecule has 0 unspecified atom stereocenters. The summed E-state index contributed by atoms with van der Waals surface area (Å²) in [6.07, 6.45) is 0. The van der Waals surface area contributed by atoms with Gasteiger partial charge in [-0.25, -0.2) is 4.98 Å². The molecule has 94 valence electrons. The zero-order valence-corrected chi connectivity index (χ0v) is 12.6. The smallest absolute Gasteiger partial charge is 0.223 e. The van der Waals surface area contributed by atoms with Crippen molar-refractivity contribution in [2.45, 2.75) is 20.8 Å². The Labute approximate surface area is 119 Å². The molecule has 5 heteroatoms. The molecule has 0 aliphatic rings. The van der Waals surface area contributed by atoms with Crippen LogP contribution < -0.4 is 4.74 Å². The highest BCUT2D eigenvalue weighted by atomic mass is 79.9. The minimum Gasteiger partial charge on any atom is -0.439 e. The third-order valence-electron chi connectivity index (χ3n) is 2.42. The molecule has 2 rings (SSSR count). The molecule has 3 nitrogen and oxygen atoms in total. The molecule has 18 heavy (non-hydrogen) atoms. The first-order valence-electron chi connectivity index (χ1n) is 5.41. The lowest BCUT2D eigenvalue weighted by Crippen LogP contribution is -1.94. The average molecular weight is 328 g/mol. The second-order valence-electron chi connectivity index (χ2n) is 4.05. The minimum atomic E-state index is 0.510. The highest BCUT2D eigenvalue weighted by molar-refractivity contribution is 9.10. The first-order valence-corrected chi connectivity index (χ1v) is 6.58. The van der Waals surface area contributed by atoms with Crippen LogP contribution in [-0.2, 0) is 0 Å². The lowest BCUT2D eigenvalue weighted by molar-refractivity contribution is 0.458. The van der Waals surface area contributed by atoms with Crippen LogP contribution >= 0.6 is 27.5 Å². The second-order valence-corrected chi connectivity index (χ2v) is 5.24. The lowest BCUT2D eigenvalue weighted by atomic mass is 10.1. The molecular formula is C13H12BrClN2O. The van der Waals surface area contributed by atoms with Gasteiger partial charge in [-0.3, -0.25) is 0 Å². The maximum Gasteiger partial charge on any atom is 0.223 e. The molecule has 0 saturated heterocycles. The standard InChI is InChI=1S/C13H12BrClN2O/c1-7-4-10(5-8(2)13(7)15)18-12-6-11(14)16-9(3)17-12/h4-6H,1-3H3. The average Bonchev–Trinajstić information content (AvgIpc) is 2.24. The summed E-state index contributed by atoms with van der Waals surface area (Å²) in [5, 5.41) is 0.766. The maximum atomic E-state index is 6.11. The molecule has 0 fully saturated rings. The van der Waals surface area contributed by atoms with E-state index in [-0.39, 0.29) is 0 Å². The highest BCUT2D eigenvalue weighted by Crippen LogP contribution is 2.29. The number of aromatic nitrogens is 2. The van der Waals surface area contributed by atoms with Gasteiger partial charge in [0.15, 0.2) is 0 Å². The molecule has 0 radical (unpaired) electrons. The number of aryl methyl sites for hydroxylation is 3. The van der Waals surface area contributed by atoms with Gasteiger partial charge in [-0.05, 0) is 60.0 Å². The summed E-state index contributed by atoms with van der Waals surface area (Å²) in [7, 11) is 0.